The van der Waals surface area contributed by atoms with E-state index in [2.05, 4.69) is 25.1 Å². The first-order valence-corrected chi connectivity index (χ1v) is 7.35. The molecule has 0 unspecified atom stereocenters. The first-order valence-electron chi connectivity index (χ1n) is 4.74. The Morgan fingerprint density at radius 3 is 3.12 bits per heavy atom. The van der Waals surface area contributed by atoms with Gasteiger partial charge in [-0.05, 0) is 22.0 Å². The number of hydrogen-bond acceptors (Lipinski definition) is 6. The fourth-order valence-corrected chi connectivity index (χ4v) is 2.07. The Kier molecular flexibility index (Phi) is 3.55. The first kappa shape index (κ1) is 12.6. The van der Waals surface area contributed by atoms with Crippen molar-refractivity contribution in [3.8, 4) is 11.6 Å². The van der Waals surface area contributed by atoms with E-state index in [9.17, 15) is 8.42 Å². The van der Waals surface area contributed by atoms with Crippen molar-refractivity contribution in [2.45, 2.75) is 6.10 Å². The summed E-state index contributed by atoms with van der Waals surface area (Å²) in [5, 5.41) is 0. The fraction of sp³-hybridized carbons (Fsp3) is 0.444. The first-order chi connectivity index (χ1) is 7.96. The van der Waals surface area contributed by atoms with E-state index in [0.717, 1.165) is 10.7 Å². The van der Waals surface area contributed by atoms with Gasteiger partial charge in [-0.2, -0.15) is 8.42 Å². The number of halogens is 1. The molecule has 0 spiro atoms. The van der Waals surface area contributed by atoms with Crippen molar-refractivity contribution in [2.75, 3.05) is 19.5 Å². The van der Waals surface area contributed by atoms with Gasteiger partial charge in [-0.1, -0.05) is 0 Å². The van der Waals surface area contributed by atoms with Gasteiger partial charge in [0.05, 0.1) is 10.7 Å². The van der Waals surface area contributed by atoms with Gasteiger partial charge in [0, 0.05) is 6.20 Å². The van der Waals surface area contributed by atoms with Crippen molar-refractivity contribution < 1.29 is 22.1 Å². The minimum Gasteiger partial charge on any atom is -0.483 e. The minimum atomic E-state index is -3.47. The van der Waals surface area contributed by atoms with Crippen molar-refractivity contribution in [3.05, 3.63) is 16.7 Å². The topological polar surface area (TPSA) is 74.7 Å². The van der Waals surface area contributed by atoms with Gasteiger partial charge in [0.2, 0.25) is 0 Å². The van der Waals surface area contributed by atoms with Crippen LogP contribution in [-0.4, -0.2) is 39.0 Å². The number of pyridine rings is 1. The van der Waals surface area contributed by atoms with E-state index in [1.807, 2.05) is 0 Å². The number of rotatable bonds is 3. The van der Waals surface area contributed by atoms with E-state index in [0.29, 0.717) is 11.6 Å². The zero-order valence-corrected chi connectivity index (χ0v) is 11.3. The summed E-state index contributed by atoms with van der Waals surface area (Å²) < 4.78 is 37.9. The van der Waals surface area contributed by atoms with Crippen LogP contribution in [0.4, 0.5) is 0 Å². The smallest absolute Gasteiger partial charge is 0.264 e. The van der Waals surface area contributed by atoms with Crippen LogP contribution < -0.4 is 9.47 Å². The van der Waals surface area contributed by atoms with Crippen molar-refractivity contribution in [3.63, 3.8) is 0 Å². The number of aromatic nitrogens is 1. The summed E-state index contributed by atoms with van der Waals surface area (Å²) in [5.74, 6) is 0.843. The summed E-state index contributed by atoms with van der Waals surface area (Å²) in [7, 11) is -3.47. The molecule has 1 aromatic rings. The molecule has 0 aromatic carbocycles. The van der Waals surface area contributed by atoms with Gasteiger partial charge in [0.25, 0.3) is 16.0 Å². The molecule has 8 heteroatoms. The van der Waals surface area contributed by atoms with E-state index in [1.165, 1.54) is 0 Å². The summed E-state index contributed by atoms with van der Waals surface area (Å²) >= 11 is 3.30. The van der Waals surface area contributed by atoms with Gasteiger partial charge in [-0.3, -0.25) is 4.18 Å². The van der Waals surface area contributed by atoms with Crippen molar-refractivity contribution in [1.82, 2.24) is 4.98 Å². The molecular formula is C9H10BrNO5S. The quantitative estimate of drug-likeness (QED) is 0.771. The Balaban J connectivity index is 2.04. The molecule has 0 saturated heterocycles. The molecule has 2 heterocycles. The molecule has 0 saturated carbocycles. The highest BCUT2D eigenvalue weighted by atomic mass is 79.9. The molecule has 1 aliphatic heterocycles. The number of hydrogen-bond donors (Lipinski definition) is 0. The molecule has 0 amide bonds. The number of nitrogens with zero attached hydrogens (tertiary/aromatic N) is 1. The highest BCUT2D eigenvalue weighted by Crippen LogP contribution is 2.36. The molecule has 1 aromatic heterocycles. The predicted octanol–water partition coefficient (Wildman–Crippen LogP) is 0.960. The molecule has 6 nitrogen and oxygen atoms in total. The van der Waals surface area contributed by atoms with Crippen molar-refractivity contribution in [2.24, 2.45) is 0 Å². The van der Waals surface area contributed by atoms with Crippen molar-refractivity contribution >= 4 is 26.0 Å². The number of ether oxygens (including phenoxy) is 2. The average molecular weight is 324 g/mol. The molecule has 17 heavy (non-hydrogen) atoms. The summed E-state index contributed by atoms with van der Waals surface area (Å²) in [6.07, 6.45) is 2.06. The van der Waals surface area contributed by atoms with Gasteiger partial charge in [-0.15, -0.1) is 0 Å². The van der Waals surface area contributed by atoms with E-state index < -0.39 is 16.2 Å². The zero-order valence-electron chi connectivity index (χ0n) is 8.92. The summed E-state index contributed by atoms with van der Waals surface area (Å²) in [6, 6.07) is 1.73. The average Bonchev–Trinajstić information content (AvgIpc) is 2.26. The second-order valence-electron chi connectivity index (χ2n) is 3.47. The molecule has 1 aliphatic rings. The molecule has 0 radical (unpaired) electrons. The van der Waals surface area contributed by atoms with Crippen LogP contribution in [0, 0.1) is 0 Å². The van der Waals surface area contributed by atoms with Crippen LogP contribution in [0.1, 0.15) is 0 Å². The monoisotopic (exact) mass is 323 g/mol. The van der Waals surface area contributed by atoms with Crippen LogP contribution >= 0.6 is 15.9 Å². The largest absolute Gasteiger partial charge is 0.483 e. The zero-order chi connectivity index (χ0) is 12.5. The number of fused-ring (bicyclic) bond motifs is 1. The molecule has 0 bridgehead atoms. The highest BCUT2D eigenvalue weighted by molar-refractivity contribution is 9.10. The third-order valence-electron chi connectivity index (χ3n) is 1.98. The maximum atomic E-state index is 10.8. The third kappa shape index (κ3) is 3.30. The molecule has 0 N–H and O–H groups in total. The third-order valence-corrected chi connectivity index (χ3v) is 3.17. The molecule has 0 fully saturated rings. The minimum absolute atomic E-state index is 0.0908. The highest BCUT2D eigenvalue weighted by Gasteiger charge is 2.25. The summed E-state index contributed by atoms with van der Waals surface area (Å²) in [6.45, 7) is 0.124. The lowest BCUT2D eigenvalue weighted by Crippen LogP contribution is -2.34. The lowest BCUT2D eigenvalue weighted by molar-refractivity contribution is 0.0503. The summed E-state index contributed by atoms with van der Waals surface area (Å²) in [4.78, 5) is 3.99. The van der Waals surface area contributed by atoms with E-state index in [-0.39, 0.29) is 13.2 Å². The van der Waals surface area contributed by atoms with E-state index in [4.69, 9.17) is 9.47 Å². The van der Waals surface area contributed by atoms with Gasteiger partial charge < -0.3 is 9.47 Å². The van der Waals surface area contributed by atoms with Crippen LogP contribution in [0.25, 0.3) is 0 Å². The van der Waals surface area contributed by atoms with E-state index >= 15 is 0 Å². The van der Waals surface area contributed by atoms with Crippen LogP contribution in [-0.2, 0) is 14.3 Å². The normalized spacial score (nSPS) is 19.1. The van der Waals surface area contributed by atoms with Gasteiger partial charge in [0.1, 0.15) is 13.2 Å². The molecule has 1 atom stereocenters. The second kappa shape index (κ2) is 4.79. The second-order valence-corrected chi connectivity index (χ2v) is 5.96. The maximum Gasteiger partial charge on any atom is 0.264 e. The SMILES string of the molecule is CS(=O)(=O)OC[C@H]1COc2c(Br)ccnc2O1. The van der Waals surface area contributed by atoms with Gasteiger partial charge >= 0.3 is 0 Å². The Labute approximate surface area is 107 Å². The fourth-order valence-electron chi connectivity index (χ4n) is 1.27. The predicted molar refractivity (Wildman–Crippen MR) is 62.6 cm³/mol. The van der Waals surface area contributed by atoms with Crippen LogP contribution in [0.15, 0.2) is 16.7 Å². The maximum absolute atomic E-state index is 10.8. The Morgan fingerprint density at radius 2 is 2.41 bits per heavy atom. The Bertz CT molecular complexity index is 518. The van der Waals surface area contributed by atoms with Gasteiger partial charge in [-0.25, -0.2) is 4.98 Å². The summed E-state index contributed by atoms with van der Waals surface area (Å²) in [5.41, 5.74) is 0. The van der Waals surface area contributed by atoms with E-state index in [1.54, 1.807) is 12.3 Å². The Hall–Kier alpha value is -0.860. The lowest BCUT2D eigenvalue weighted by atomic mass is 10.3. The van der Waals surface area contributed by atoms with Gasteiger partial charge in [0.15, 0.2) is 11.9 Å². The molecule has 0 aliphatic carbocycles. The van der Waals surface area contributed by atoms with Crippen molar-refractivity contribution in [1.29, 1.82) is 0 Å². The Morgan fingerprint density at radius 1 is 1.65 bits per heavy atom. The lowest BCUT2D eigenvalue weighted by Gasteiger charge is -2.25. The standard InChI is InChI=1S/C9H10BrNO5S/c1-17(12,13)15-5-6-4-14-8-7(10)2-3-11-9(8)16-6/h2-3,6H,4-5H2,1H3/t6-/m1/s1. The molecule has 2 rings (SSSR count). The molecular weight excluding hydrogens is 314 g/mol. The van der Waals surface area contributed by atoms with Crippen LogP contribution in [0.3, 0.4) is 0 Å². The van der Waals surface area contributed by atoms with Crippen LogP contribution in [0.2, 0.25) is 0 Å². The van der Waals surface area contributed by atoms with Crippen LogP contribution in [0.5, 0.6) is 11.6 Å². The molecule has 94 valence electrons.